The first-order valence-electron chi connectivity index (χ1n) is 10.4. The van der Waals surface area contributed by atoms with Crippen molar-refractivity contribution in [1.29, 1.82) is 0 Å². The van der Waals surface area contributed by atoms with Crippen LogP contribution in [-0.2, 0) is 11.3 Å². The van der Waals surface area contributed by atoms with E-state index < -0.39 is 0 Å². The number of amides is 1. The highest BCUT2D eigenvalue weighted by Gasteiger charge is 2.15. The molecule has 0 spiro atoms. The highest BCUT2D eigenvalue weighted by molar-refractivity contribution is 7.99. The summed E-state index contributed by atoms with van der Waals surface area (Å²) in [4.78, 5) is 41.5. The number of para-hydroxylation sites is 1. The van der Waals surface area contributed by atoms with Gasteiger partial charge in [0.1, 0.15) is 0 Å². The van der Waals surface area contributed by atoms with Crippen molar-refractivity contribution < 1.29 is 9.59 Å². The van der Waals surface area contributed by atoms with Crippen molar-refractivity contribution in [3.8, 4) is 0 Å². The van der Waals surface area contributed by atoms with Crippen LogP contribution in [0.15, 0.2) is 52.4 Å². The number of hydrogen-bond donors (Lipinski definition) is 1. The maximum absolute atomic E-state index is 13.1. The monoisotopic (exact) mass is 437 g/mol. The van der Waals surface area contributed by atoms with Crippen molar-refractivity contribution in [3.05, 3.63) is 69.5 Å². The van der Waals surface area contributed by atoms with E-state index in [1.165, 1.54) is 11.8 Å². The lowest BCUT2D eigenvalue weighted by atomic mass is 10.0. The van der Waals surface area contributed by atoms with Crippen LogP contribution in [0.2, 0.25) is 0 Å². The molecule has 3 rings (SSSR count). The number of primary amides is 1. The summed E-state index contributed by atoms with van der Waals surface area (Å²) < 4.78 is 1.65. The molecule has 1 amide bonds. The molecule has 0 saturated carbocycles. The molecule has 0 radical (unpaired) electrons. The maximum atomic E-state index is 13.1. The van der Waals surface area contributed by atoms with Gasteiger partial charge in [0, 0.05) is 18.5 Å². The Balaban J connectivity index is 1.81. The second-order valence-corrected chi connectivity index (χ2v) is 8.62. The number of rotatable bonds is 10. The number of carbonyl (C=O) groups is 2. The molecule has 1 heterocycles. The van der Waals surface area contributed by atoms with Gasteiger partial charge in [-0.25, -0.2) is 4.98 Å². The van der Waals surface area contributed by atoms with Gasteiger partial charge in [-0.15, -0.1) is 0 Å². The van der Waals surface area contributed by atoms with Crippen LogP contribution in [0.3, 0.4) is 0 Å². The summed E-state index contributed by atoms with van der Waals surface area (Å²) in [5, 5.41) is 1.10. The Morgan fingerprint density at radius 3 is 2.58 bits per heavy atom. The molecule has 31 heavy (non-hydrogen) atoms. The molecule has 0 aliphatic rings. The van der Waals surface area contributed by atoms with Crippen LogP contribution in [0.1, 0.15) is 47.2 Å². The number of unbranched alkanes of at least 4 members (excludes halogenated alkanes) is 2. The summed E-state index contributed by atoms with van der Waals surface area (Å²) >= 11 is 1.29. The minimum atomic E-state index is -0.314. The first-order chi connectivity index (χ1) is 14.9. The number of hydrogen-bond acceptors (Lipinski definition) is 5. The summed E-state index contributed by atoms with van der Waals surface area (Å²) in [6.07, 6.45) is 2.55. The van der Waals surface area contributed by atoms with Crippen LogP contribution >= 0.6 is 11.8 Å². The van der Waals surface area contributed by atoms with Crippen molar-refractivity contribution >= 4 is 34.4 Å². The standard InChI is InChI=1S/C24H27N3O3S/c1-16-11-12-18(17(2)14-16)21(28)15-31-24-26-20-9-6-5-8-19(20)23(30)27(24)13-7-3-4-10-22(25)29/h5-6,8-9,11-12,14H,3-4,7,10,13,15H2,1-2H3,(H2,25,29). The molecule has 0 unspecified atom stereocenters. The van der Waals surface area contributed by atoms with E-state index in [0.717, 1.165) is 24.0 Å². The minimum Gasteiger partial charge on any atom is -0.370 e. The number of aromatic nitrogens is 2. The van der Waals surface area contributed by atoms with Crippen molar-refractivity contribution in [2.24, 2.45) is 5.73 Å². The van der Waals surface area contributed by atoms with Crippen molar-refractivity contribution in [2.75, 3.05) is 5.75 Å². The second kappa shape index (κ2) is 10.4. The largest absolute Gasteiger partial charge is 0.370 e. The number of nitrogens with zero attached hydrogens (tertiary/aromatic N) is 2. The van der Waals surface area contributed by atoms with Gasteiger partial charge in [-0.3, -0.25) is 19.0 Å². The lowest BCUT2D eigenvalue weighted by molar-refractivity contribution is -0.118. The Bertz CT molecular complexity index is 1170. The first-order valence-corrected chi connectivity index (χ1v) is 11.4. The molecule has 3 aromatic rings. The molecule has 0 saturated heterocycles. The van der Waals surface area contributed by atoms with Crippen molar-refractivity contribution in [1.82, 2.24) is 9.55 Å². The molecule has 1 aromatic heterocycles. The van der Waals surface area contributed by atoms with E-state index in [4.69, 9.17) is 5.73 Å². The van der Waals surface area contributed by atoms with E-state index in [0.29, 0.717) is 41.0 Å². The molecule has 0 aliphatic heterocycles. The molecule has 162 valence electrons. The van der Waals surface area contributed by atoms with Gasteiger partial charge in [-0.2, -0.15) is 0 Å². The first kappa shape index (κ1) is 22.7. The Kier molecular flexibility index (Phi) is 7.63. The highest BCUT2D eigenvalue weighted by Crippen LogP contribution is 2.21. The number of nitrogens with two attached hydrogens (primary N) is 1. The summed E-state index contributed by atoms with van der Waals surface area (Å²) in [7, 11) is 0. The predicted molar refractivity (Wildman–Crippen MR) is 125 cm³/mol. The van der Waals surface area contributed by atoms with E-state index in [1.807, 2.05) is 50.2 Å². The van der Waals surface area contributed by atoms with Crippen LogP contribution in [0.25, 0.3) is 10.9 Å². The summed E-state index contributed by atoms with van der Waals surface area (Å²) in [6.45, 7) is 4.41. The van der Waals surface area contributed by atoms with Crippen LogP contribution in [0.5, 0.6) is 0 Å². The third kappa shape index (κ3) is 5.82. The fourth-order valence-electron chi connectivity index (χ4n) is 3.54. The molecule has 0 aliphatic carbocycles. The molecule has 7 heteroatoms. The third-order valence-electron chi connectivity index (χ3n) is 5.15. The Hall–Kier alpha value is -2.93. The zero-order valence-electron chi connectivity index (χ0n) is 17.9. The number of aryl methyl sites for hydroxylation is 2. The maximum Gasteiger partial charge on any atom is 0.262 e. The molecular formula is C24H27N3O3S. The number of ketones is 1. The number of Topliss-reactive ketones (excluding diaryl/α,β-unsaturated/α-hetero) is 1. The quantitative estimate of drug-likeness (QED) is 0.224. The molecular weight excluding hydrogens is 410 g/mol. The zero-order chi connectivity index (χ0) is 22.4. The predicted octanol–water partition coefficient (Wildman–Crippen LogP) is 4.03. The van der Waals surface area contributed by atoms with E-state index >= 15 is 0 Å². The fraction of sp³-hybridized carbons (Fsp3) is 0.333. The summed E-state index contributed by atoms with van der Waals surface area (Å²) in [5.41, 5.74) is 8.46. The van der Waals surface area contributed by atoms with E-state index in [9.17, 15) is 14.4 Å². The van der Waals surface area contributed by atoms with Gasteiger partial charge in [0.05, 0.1) is 16.7 Å². The molecule has 0 atom stereocenters. The van der Waals surface area contributed by atoms with Gasteiger partial charge >= 0.3 is 0 Å². The third-order valence-corrected chi connectivity index (χ3v) is 6.12. The number of thioether (sulfide) groups is 1. The molecule has 2 aromatic carbocycles. The SMILES string of the molecule is Cc1ccc(C(=O)CSc2nc3ccccc3c(=O)n2CCCCCC(N)=O)c(C)c1. The van der Waals surface area contributed by atoms with Gasteiger partial charge in [0.15, 0.2) is 10.9 Å². The molecule has 0 bridgehead atoms. The zero-order valence-corrected chi connectivity index (χ0v) is 18.7. The fourth-order valence-corrected chi connectivity index (χ4v) is 4.44. The van der Waals surface area contributed by atoms with E-state index in [-0.39, 0.29) is 23.0 Å². The number of fused-ring (bicyclic) bond motifs is 1. The van der Waals surface area contributed by atoms with Crippen molar-refractivity contribution in [3.63, 3.8) is 0 Å². The molecule has 0 fully saturated rings. The second-order valence-electron chi connectivity index (χ2n) is 7.68. The van der Waals surface area contributed by atoms with Crippen molar-refractivity contribution in [2.45, 2.75) is 51.2 Å². The Morgan fingerprint density at radius 2 is 1.84 bits per heavy atom. The van der Waals surface area contributed by atoms with Gasteiger partial charge in [-0.05, 0) is 44.4 Å². The Labute approximate surface area is 185 Å². The molecule has 6 nitrogen and oxygen atoms in total. The lowest BCUT2D eigenvalue weighted by Gasteiger charge is -2.13. The van der Waals surface area contributed by atoms with E-state index in [2.05, 4.69) is 4.98 Å². The van der Waals surface area contributed by atoms with Gasteiger partial charge in [0.2, 0.25) is 5.91 Å². The molecule has 2 N–H and O–H groups in total. The summed E-state index contributed by atoms with van der Waals surface area (Å²) in [6, 6.07) is 13.0. The van der Waals surface area contributed by atoms with Crippen LogP contribution in [0, 0.1) is 13.8 Å². The van der Waals surface area contributed by atoms with Gasteiger partial charge in [-0.1, -0.05) is 54.1 Å². The van der Waals surface area contributed by atoms with Crippen LogP contribution in [-0.4, -0.2) is 27.0 Å². The summed E-state index contributed by atoms with van der Waals surface area (Å²) in [5.74, 6) is -0.0975. The van der Waals surface area contributed by atoms with Crippen LogP contribution in [0.4, 0.5) is 0 Å². The highest BCUT2D eigenvalue weighted by atomic mass is 32.2. The van der Waals surface area contributed by atoms with Gasteiger partial charge in [0.25, 0.3) is 5.56 Å². The number of carbonyl (C=O) groups excluding carboxylic acids is 2. The number of benzene rings is 2. The Morgan fingerprint density at radius 1 is 1.06 bits per heavy atom. The topological polar surface area (TPSA) is 95.1 Å². The smallest absolute Gasteiger partial charge is 0.262 e. The van der Waals surface area contributed by atoms with E-state index in [1.54, 1.807) is 10.6 Å². The lowest BCUT2D eigenvalue weighted by Crippen LogP contribution is -2.24. The van der Waals surface area contributed by atoms with Crippen LogP contribution < -0.4 is 11.3 Å². The van der Waals surface area contributed by atoms with Gasteiger partial charge < -0.3 is 5.73 Å². The average Bonchev–Trinajstić information content (AvgIpc) is 2.73. The minimum absolute atomic E-state index is 0.0120. The average molecular weight is 438 g/mol. The normalized spacial score (nSPS) is 11.0.